The molecule has 3 aromatic rings. The molecule has 0 fully saturated rings. The average Bonchev–Trinajstić information content (AvgIpc) is 2.78. The van der Waals surface area contributed by atoms with Crippen LogP contribution in [0.2, 0.25) is 0 Å². The van der Waals surface area contributed by atoms with Gasteiger partial charge in [-0.15, -0.1) is 0 Å². The first kappa shape index (κ1) is 21.1. The minimum absolute atomic E-state index is 0.105. The van der Waals surface area contributed by atoms with Crippen LogP contribution in [0.5, 0.6) is 5.75 Å². The van der Waals surface area contributed by atoms with E-state index in [-0.39, 0.29) is 6.54 Å². The first-order valence-corrected chi connectivity index (χ1v) is 9.50. The zero-order chi connectivity index (χ0) is 21.6. The molecule has 0 radical (unpaired) electrons. The topological polar surface area (TPSA) is 87.7 Å². The number of anilines is 1. The minimum atomic E-state index is -1.33. The van der Waals surface area contributed by atoms with Crippen LogP contribution in [0.25, 0.3) is 11.1 Å². The second kappa shape index (κ2) is 9.24. The fourth-order valence-corrected chi connectivity index (χ4v) is 2.95. The van der Waals surface area contributed by atoms with Crippen LogP contribution in [0.1, 0.15) is 12.5 Å². The molecule has 2 amide bonds. The summed E-state index contributed by atoms with van der Waals surface area (Å²) in [6, 6.07) is 24.0. The molecule has 1 unspecified atom stereocenters. The zero-order valence-corrected chi connectivity index (χ0v) is 16.9. The van der Waals surface area contributed by atoms with Gasteiger partial charge in [-0.2, -0.15) is 0 Å². The summed E-state index contributed by atoms with van der Waals surface area (Å²) in [5.41, 5.74) is 1.88. The third-order valence-electron chi connectivity index (χ3n) is 4.76. The van der Waals surface area contributed by atoms with Crippen molar-refractivity contribution in [3.8, 4) is 16.9 Å². The Morgan fingerprint density at radius 3 is 2.07 bits per heavy atom. The number of nitrogens with one attached hydrogen (secondary N) is 2. The van der Waals surface area contributed by atoms with Gasteiger partial charge in [-0.05, 0) is 47.9 Å². The van der Waals surface area contributed by atoms with Gasteiger partial charge in [-0.25, -0.2) is 0 Å². The summed E-state index contributed by atoms with van der Waals surface area (Å²) in [5, 5.41) is 15.8. The van der Waals surface area contributed by atoms with Gasteiger partial charge in [0.1, 0.15) is 11.4 Å². The van der Waals surface area contributed by atoms with Crippen LogP contribution in [-0.2, 0) is 15.2 Å². The second-order valence-corrected chi connectivity index (χ2v) is 7.08. The summed E-state index contributed by atoms with van der Waals surface area (Å²) >= 11 is 0. The molecule has 0 saturated carbocycles. The van der Waals surface area contributed by atoms with Crippen molar-refractivity contribution in [1.82, 2.24) is 5.32 Å². The van der Waals surface area contributed by atoms with E-state index in [2.05, 4.69) is 10.6 Å². The van der Waals surface area contributed by atoms with Gasteiger partial charge in [0.2, 0.25) is 0 Å². The molecule has 0 aliphatic heterocycles. The fraction of sp³-hybridized carbons (Fsp3) is 0.167. The molecule has 0 saturated heterocycles. The van der Waals surface area contributed by atoms with E-state index >= 15 is 0 Å². The van der Waals surface area contributed by atoms with Gasteiger partial charge in [-0.1, -0.05) is 54.6 Å². The molecule has 154 valence electrons. The maximum absolute atomic E-state index is 12.1. The van der Waals surface area contributed by atoms with Crippen molar-refractivity contribution in [2.75, 3.05) is 19.0 Å². The lowest BCUT2D eigenvalue weighted by atomic mass is 9.93. The molecule has 6 heteroatoms. The monoisotopic (exact) mass is 404 g/mol. The molecule has 3 rings (SSSR count). The first-order valence-electron chi connectivity index (χ1n) is 9.50. The summed E-state index contributed by atoms with van der Waals surface area (Å²) in [7, 11) is 1.54. The van der Waals surface area contributed by atoms with Gasteiger partial charge in [0, 0.05) is 5.69 Å². The van der Waals surface area contributed by atoms with Crippen LogP contribution < -0.4 is 15.4 Å². The van der Waals surface area contributed by atoms with E-state index in [1.165, 1.54) is 0 Å². The number of carbonyl (C=O) groups excluding carboxylic acids is 2. The van der Waals surface area contributed by atoms with Gasteiger partial charge in [-0.3, -0.25) is 9.59 Å². The number of benzene rings is 3. The van der Waals surface area contributed by atoms with Crippen molar-refractivity contribution < 1.29 is 19.4 Å². The van der Waals surface area contributed by atoms with Crippen LogP contribution in [0, 0.1) is 0 Å². The molecule has 3 N–H and O–H groups in total. The van der Waals surface area contributed by atoms with Crippen molar-refractivity contribution in [2.24, 2.45) is 0 Å². The third kappa shape index (κ3) is 5.24. The number of methoxy groups -OCH3 is 1. The lowest BCUT2D eigenvalue weighted by Gasteiger charge is -2.24. The maximum atomic E-state index is 12.1. The van der Waals surface area contributed by atoms with E-state index in [9.17, 15) is 14.7 Å². The van der Waals surface area contributed by atoms with E-state index in [0.717, 1.165) is 11.1 Å². The van der Waals surface area contributed by atoms with Gasteiger partial charge in [0.25, 0.3) is 0 Å². The molecule has 3 aromatic carbocycles. The summed E-state index contributed by atoms with van der Waals surface area (Å²) in [5.74, 6) is -0.992. The number of carbonyl (C=O) groups is 2. The Morgan fingerprint density at radius 1 is 0.867 bits per heavy atom. The van der Waals surface area contributed by atoms with Crippen molar-refractivity contribution in [1.29, 1.82) is 0 Å². The Kier molecular flexibility index (Phi) is 6.49. The first-order chi connectivity index (χ1) is 14.4. The highest BCUT2D eigenvalue weighted by Crippen LogP contribution is 2.24. The van der Waals surface area contributed by atoms with Gasteiger partial charge in [0.05, 0.1) is 13.7 Å². The predicted octanol–water partition coefficient (Wildman–Crippen LogP) is 3.32. The van der Waals surface area contributed by atoms with Crippen LogP contribution in [0.15, 0.2) is 78.9 Å². The van der Waals surface area contributed by atoms with Crippen molar-refractivity contribution in [2.45, 2.75) is 12.5 Å². The molecule has 0 bridgehead atoms. The van der Waals surface area contributed by atoms with Crippen LogP contribution in [0.3, 0.4) is 0 Å². The number of amides is 2. The summed E-state index contributed by atoms with van der Waals surface area (Å²) in [4.78, 5) is 24.2. The van der Waals surface area contributed by atoms with Crippen molar-refractivity contribution >= 4 is 17.5 Å². The number of aliphatic hydroxyl groups is 1. The average molecular weight is 404 g/mol. The second-order valence-electron chi connectivity index (χ2n) is 7.08. The summed E-state index contributed by atoms with van der Waals surface area (Å²) in [6.45, 7) is 1.48. The highest BCUT2D eigenvalue weighted by atomic mass is 16.5. The molecule has 0 aliphatic rings. The fourth-order valence-electron chi connectivity index (χ4n) is 2.95. The van der Waals surface area contributed by atoms with E-state index in [1.54, 1.807) is 38.3 Å². The molecule has 0 aliphatic carbocycles. The predicted molar refractivity (Wildman–Crippen MR) is 116 cm³/mol. The lowest BCUT2D eigenvalue weighted by Crippen LogP contribution is -2.43. The number of hydrogen-bond acceptors (Lipinski definition) is 4. The Labute approximate surface area is 175 Å². The van der Waals surface area contributed by atoms with Crippen molar-refractivity contribution in [3.05, 3.63) is 84.4 Å². The largest absolute Gasteiger partial charge is 0.497 e. The molecule has 0 heterocycles. The number of ether oxygens (including phenoxy) is 1. The van der Waals surface area contributed by atoms with Crippen LogP contribution >= 0.6 is 0 Å². The highest BCUT2D eigenvalue weighted by molar-refractivity contribution is 6.39. The molecule has 6 nitrogen and oxygen atoms in total. The van der Waals surface area contributed by atoms with E-state index < -0.39 is 17.4 Å². The molecule has 0 spiro atoms. The quantitative estimate of drug-likeness (QED) is 0.550. The standard InChI is InChI=1S/C24H24N2O4/c1-24(29,19-10-8-18(9-11-19)17-6-4-3-5-7-17)16-25-22(27)23(28)26-20-12-14-21(30-2)15-13-20/h3-15,29H,16H2,1-2H3,(H,25,27)(H,26,28). The lowest BCUT2D eigenvalue weighted by molar-refractivity contribution is -0.136. The Hall–Kier alpha value is -3.64. The van der Waals surface area contributed by atoms with Gasteiger partial charge in [0.15, 0.2) is 0 Å². The van der Waals surface area contributed by atoms with Crippen LogP contribution in [0.4, 0.5) is 5.69 Å². The zero-order valence-electron chi connectivity index (χ0n) is 16.9. The number of hydrogen-bond donors (Lipinski definition) is 3. The third-order valence-corrected chi connectivity index (χ3v) is 4.76. The van der Waals surface area contributed by atoms with Gasteiger partial charge >= 0.3 is 11.8 Å². The van der Waals surface area contributed by atoms with Crippen molar-refractivity contribution in [3.63, 3.8) is 0 Å². The Morgan fingerprint density at radius 2 is 1.47 bits per heavy atom. The SMILES string of the molecule is COc1ccc(NC(=O)C(=O)NCC(C)(O)c2ccc(-c3ccccc3)cc2)cc1. The normalized spacial score (nSPS) is 12.5. The molecular formula is C24H24N2O4. The van der Waals surface area contributed by atoms with E-state index in [4.69, 9.17) is 4.74 Å². The maximum Gasteiger partial charge on any atom is 0.313 e. The summed E-state index contributed by atoms with van der Waals surface area (Å²) < 4.78 is 5.05. The smallest absolute Gasteiger partial charge is 0.313 e. The van der Waals surface area contributed by atoms with E-state index in [0.29, 0.717) is 17.0 Å². The Balaban J connectivity index is 1.58. The number of rotatable bonds is 6. The minimum Gasteiger partial charge on any atom is -0.497 e. The molecule has 1 atom stereocenters. The van der Waals surface area contributed by atoms with E-state index in [1.807, 2.05) is 54.6 Å². The van der Waals surface area contributed by atoms with Crippen LogP contribution in [-0.4, -0.2) is 30.6 Å². The highest BCUT2D eigenvalue weighted by Gasteiger charge is 2.25. The molecule has 30 heavy (non-hydrogen) atoms. The Bertz CT molecular complexity index is 998. The summed E-state index contributed by atoms with van der Waals surface area (Å²) in [6.07, 6.45) is 0. The van der Waals surface area contributed by atoms with Gasteiger partial charge < -0.3 is 20.5 Å². The molecular weight excluding hydrogens is 380 g/mol. The molecule has 0 aromatic heterocycles.